The van der Waals surface area contributed by atoms with Gasteiger partial charge in [-0.15, -0.1) is 0 Å². The minimum Gasteiger partial charge on any atom is -0.326 e. The van der Waals surface area contributed by atoms with Gasteiger partial charge in [-0.25, -0.2) is 9.78 Å². The zero-order chi connectivity index (χ0) is 19.7. The Hall–Kier alpha value is -1.70. The van der Waals surface area contributed by atoms with Gasteiger partial charge in [-0.05, 0) is 19.8 Å². The molecule has 0 fully saturated rings. The number of hydrogen-bond donors (Lipinski definition) is 1. The van der Waals surface area contributed by atoms with Gasteiger partial charge in [0.2, 0.25) is 0 Å². The van der Waals surface area contributed by atoms with Crippen LogP contribution in [0.2, 0.25) is 0 Å². The summed E-state index contributed by atoms with van der Waals surface area (Å²) in [5, 5.41) is 0. The molecule has 2 rings (SSSR count). The van der Waals surface area contributed by atoms with Gasteiger partial charge in [-0.1, -0.05) is 26.7 Å². The summed E-state index contributed by atoms with van der Waals surface area (Å²) >= 11 is 0. The Labute approximate surface area is 153 Å². The zero-order valence-corrected chi connectivity index (χ0v) is 16.9. The monoisotopic (exact) mass is 388 g/mol. The molecule has 10 heteroatoms. The average molecular weight is 388 g/mol. The summed E-state index contributed by atoms with van der Waals surface area (Å²) in [6.07, 6.45) is 5.16. The fourth-order valence-corrected chi connectivity index (χ4v) is 2.61. The van der Waals surface area contributed by atoms with E-state index in [0.29, 0.717) is 30.6 Å². The van der Waals surface area contributed by atoms with Crippen LogP contribution >= 0.6 is 8.25 Å². The van der Waals surface area contributed by atoms with Gasteiger partial charge in [0.25, 0.3) is 5.56 Å². The highest BCUT2D eigenvalue weighted by atomic mass is 31.1. The Kier molecular flexibility index (Phi) is 9.54. The number of rotatable bonds is 8. The Morgan fingerprint density at radius 2 is 1.85 bits per heavy atom. The lowest BCUT2D eigenvalue weighted by Crippen LogP contribution is -2.39. The molecule has 2 aromatic heterocycles. The third-order valence-corrected chi connectivity index (χ3v) is 4.40. The van der Waals surface area contributed by atoms with Gasteiger partial charge in [0.15, 0.2) is 11.2 Å². The smallest absolute Gasteiger partial charge is 0.326 e. The molecule has 0 saturated heterocycles. The first-order valence-electron chi connectivity index (χ1n) is 8.89. The molecule has 2 aromatic rings. The highest BCUT2D eigenvalue weighted by Crippen LogP contribution is 2.14. The summed E-state index contributed by atoms with van der Waals surface area (Å²) in [7, 11) is -1.35. The van der Waals surface area contributed by atoms with Crippen molar-refractivity contribution in [1.82, 2.24) is 18.7 Å². The van der Waals surface area contributed by atoms with Crippen LogP contribution in [-0.2, 0) is 29.2 Å². The van der Waals surface area contributed by atoms with Crippen molar-refractivity contribution in [1.29, 1.82) is 0 Å². The highest BCUT2D eigenvalue weighted by Gasteiger charge is 2.15. The summed E-state index contributed by atoms with van der Waals surface area (Å²) in [5.41, 5.74) is -0.0128. The van der Waals surface area contributed by atoms with E-state index in [9.17, 15) is 14.2 Å². The molecule has 0 bridgehead atoms. The van der Waals surface area contributed by atoms with Crippen LogP contribution in [0.1, 0.15) is 46.5 Å². The Morgan fingerprint density at radius 3 is 2.38 bits per heavy atom. The fourth-order valence-electron chi connectivity index (χ4n) is 2.29. The molecular weight excluding hydrogens is 359 g/mol. The second-order valence-electron chi connectivity index (χ2n) is 5.82. The molecule has 0 amide bonds. The molecule has 1 N–H and O–H groups in total. The molecule has 1 unspecified atom stereocenters. The number of aryl methyl sites for hydroxylation is 2. The minimum absolute atomic E-state index is 0.124. The van der Waals surface area contributed by atoms with Crippen molar-refractivity contribution in [3.8, 4) is 0 Å². The van der Waals surface area contributed by atoms with Crippen molar-refractivity contribution in [2.75, 3.05) is 6.61 Å². The zero-order valence-electron chi connectivity index (χ0n) is 15.9. The highest BCUT2D eigenvalue weighted by molar-refractivity contribution is 7.32. The molecule has 0 spiro atoms. The lowest BCUT2D eigenvalue weighted by atomic mass is 10.3. The minimum atomic E-state index is -2.93. The molecule has 0 aliphatic carbocycles. The van der Waals surface area contributed by atoms with Gasteiger partial charge >= 0.3 is 13.9 Å². The molecule has 1 atom stereocenters. The lowest BCUT2D eigenvalue weighted by molar-refractivity contribution is 0.272. The van der Waals surface area contributed by atoms with Crippen LogP contribution in [0, 0.1) is 0 Å². The fraction of sp³-hybridized carbons (Fsp3) is 0.688. The van der Waals surface area contributed by atoms with Crippen molar-refractivity contribution in [3.63, 3.8) is 0 Å². The molecule has 0 saturated carbocycles. The van der Waals surface area contributed by atoms with Gasteiger partial charge in [-0.3, -0.25) is 18.5 Å². The van der Waals surface area contributed by atoms with E-state index in [-0.39, 0.29) is 18.7 Å². The summed E-state index contributed by atoms with van der Waals surface area (Å²) < 4.78 is 19.2. The lowest BCUT2D eigenvalue weighted by Gasteiger charge is -2.09. The van der Waals surface area contributed by atoms with E-state index in [2.05, 4.69) is 23.4 Å². The third kappa shape index (κ3) is 5.65. The molecule has 148 valence electrons. The van der Waals surface area contributed by atoms with E-state index in [1.807, 2.05) is 6.92 Å². The molecule has 0 aliphatic rings. The van der Waals surface area contributed by atoms with Crippen LogP contribution < -0.4 is 11.2 Å². The van der Waals surface area contributed by atoms with Gasteiger partial charge in [0, 0.05) is 20.1 Å². The van der Waals surface area contributed by atoms with Gasteiger partial charge in [0.05, 0.1) is 12.9 Å². The normalized spacial score (nSPS) is 12.0. The van der Waals surface area contributed by atoms with Crippen LogP contribution in [0.4, 0.5) is 0 Å². The van der Waals surface area contributed by atoms with E-state index >= 15 is 0 Å². The van der Waals surface area contributed by atoms with Crippen LogP contribution in [0.25, 0.3) is 11.2 Å². The number of nitrogens with zero attached hydrogens (tertiary/aromatic N) is 4. The third-order valence-electron chi connectivity index (χ3n) is 3.94. The van der Waals surface area contributed by atoms with E-state index in [1.165, 1.54) is 17.4 Å². The molecule has 26 heavy (non-hydrogen) atoms. The number of hydrogen-bond acceptors (Lipinski definition) is 5. The Morgan fingerprint density at radius 1 is 1.19 bits per heavy atom. The number of imidazole rings is 1. The van der Waals surface area contributed by atoms with Crippen LogP contribution in [-0.4, -0.2) is 30.2 Å². The van der Waals surface area contributed by atoms with Crippen LogP contribution in [0.5, 0.6) is 0 Å². The SMILES string of the molecule is CCCC.CCn1cnc2c1c(=O)n(CCCCO[PH](=O)O)c(=O)n2C. The van der Waals surface area contributed by atoms with Crippen LogP contribution in [0.15, 0.2) is 15.9 Å². The maximum absolute atomic E-state index is 12.5. The summed E-state index contributed by atoms with van der Waals surface area (Å²) in [6.45, 7) is 7.19. The summed E-state index contributed by atoms with van der Waals surface area (Å²) in [5.74, 6) is 0. The van der Waals surface area contributed by atoms with Crippen molar-refractivity contribution in [2.45, 2.75) is 59.5 Å². The van der Waals surface area contributed by atoms with E-state index in [1.54, 1.807) is 17.9 Å². The molecule has 9 nitrogen and oxygen atoms in total. The second kappa shape index (κ2) is 11.1. The predicted octanol–water partition coefficient (Wildman–Crippen LogP) is 1.90. The largest absolute Gasteiger partial charge is 0.332 e. The van der Waals surface area contributed by atoms with Crippen LogP contribution in [0.3, 0.4) is 0 Å². The molecular formula is C16H29N4O5P. The summed E-state index contributed by atoms with van der Waals surface area (Å²) in [4.78, 5) is 37.4. The average Bonchev–Trinajstić information content (AvgIpc) is 3.06. The Bertz CT molecular complexity index is 838. The van der Waals surface area contributed by atoms with Gasteiger partial charge < -0.3 is 14.0 Å². The molecule has 0 aromatic carbocycles. The number of fused-ring (bicyclic) bond motifs is 1. The Balaban J connectivity index is 0.000000765. The summed E-state index contributed by atoms with van der Waals surface area (Å²) in [6, 6.07) is 0. The first-order valence-corrected chi connectivity index (χ1v) is 10.2. The van der Waals surface area contributed by atoms with E-state index < -0.39 is 13.9 Å². The molecule has 0 aliphatic heterocycles. The van der Waals surface area contributed by atoms with Crippen molar-refractivity contribution in [3.05, 3.63) is 27.2 Å². The predicted molar refractivity (Wildman–Crippen MR) is 102 cm³/mol. The second-order valence-corrected chi connectivity index (χ2v) is 6.64. The first kappa shape index (κ1) is 22.3. The quantitative estimate of drug-likeness (QED) is 0.547. The number of unbranched alkanes of at least 4 members (excludes halogenated alkanes) is 2. The molecule has 2 heterocycles. The van der Waals surface area contributed by atoms with Crippen molar-refractivity contribution in [2.24, 2.45) is 7.05 Å². The van der Waals surface area contributed by atoms with Gasteiger partial charge in [-0.2, -0.15) is 0 Å². The van der Waals surface area contributed by atoms with E-state index in [0.717, 1.165) is 4.57 Å². The van der Waals surface area contributed by atoms with Gasteiger partial charge in [0.1, 0.15) is 0 Å². The van der Waals surface area contributed by atoms with Crippen molar-refractivity contribution < 1.29 is 14.0 Å². The van der Waals surface area contributed by atoms with E-state index in [4.69, 9.17) is 4.89 Å². The number of aromatic nitrogens is 4. The maximum atomic E-state index is 12.5. The standard InChI is InChI=1S/C12H19N4O5P.C4H10/c1-3-15-8-13-10-9(15)11(17)16(12(18)14(10)2)6-4-5-7-21-22(19)20;1-3-4-2/h8,22H,3-7H2,1-2H3,(H,19,20);3-4H2,1-2H3. The first-order chi connectivity index (χ1) is 12.4. The molecule has 0 radical (unpaired) electrons. The van der Waals surface area contributed by atoms with Crippen molar-refractivity contribution >= 4 is 19.4 Å². The topological polar surface area (TPSA) is 108 Å². The maximum Gasteiger partial charge on any atom is 0.332 e.